The monoisotopic (exact) mass is 236 g/mol. The Kier molecular flexibility index (Phi) is 2.88. The molecule has 2 aliphatic rings. The molecule has 0 amide bonds. The molecule has 1 saturated carbocycles. The molecule has 0 radical (unpaired) electrons. The number of fused-ring (bicyclic) bond motifs is 1. The summed E-state index contributed by atoms with van der Waals surface area (Å²) in [4.78, 5) is 0. The van der Waals surface area contributed by atoms with E-state index in [2.05, 4.69) is 22.8 Å². The summed E-state index contributed by atoms with van der Waals surface area (Å²) in [5.74, 6) is 0. The smallest absolute Gasteiger partial charge is 0.0450 e. The van der Waals surface area contributed by atoms with E-state index in [1.165, 1.54) is 24.0 Å². The van der Waals surface area contributed by atoms with Crippen molar-refractivity contribution in [3.63, 3.8) is 0 Å². The summed E-state index contributed by atoms with van der Waals surface area (Å²) in [6.45, 7) is 2.10. The van der Waals surface area contributed by atoms with Crippen molar-refractivity contribution in [2.75, 3.05) is 13.1 Å². The van der Waals surface area contributed by atoms with Crippen LogP contribution in [0.5, 0.6) is 0 Å². The molecule has 1 aromatic carbocycles. The molecule has 1 aliphatic carbocycles. The van der Waals surface area contributed by atoms with Crippen molar-refractivity contribution in [1.82, 2.24) is 10.6 Å². The van der Waals surface area contributed by atoms with Crippen molar-refractivity contribution in [3.8, 4) is 0 Å². The minimum Gasteiger partial charge on any atom is -0.312 e. The third-order valence-electron chi connectivity index (χ3n) is 3.46. The second-order valence-corrected chi connectivity index (χ2v) is 5.22. The van der Waals surface area contributed by atoms with E-state index in [0.717, 1.165) is 30.6 Å². The van der Waals surface area contributed by atoms with Gasteiger partial charge in [0.15, 0.2) is 0 Å². The Morgan fingerprint density at radius 3 is 3.06 bits per heavy atom. The van der Waals surface area contributed by atoms with Crippen LogP contribution in [-0.2, 0) is 6.42 Å². The molecule has 16 heavy (non-hydrogen) atoms. The summed E-state index contributed by atoms with van der Waals surface area (Å²) >= 11 is 6.07. The lowest BCUT2D eigenvalue weighted by Gasteiger charge is -2.27. The topological polar surface area (TPSA) is 24.1 Å². The number of rotatable bonds is 3. The van der Waals surface area contributed by atoms with Gasteiger partial charge >= 0.3 is 0 Å². The molecular formula is C13H17ClN2. The standard InChI is InChI=1S/C13H17ClN2/c14-10-2-1-9-5-6-15-13(12(9)7-10)8-16-11-3-4-11/h1-2,7,11,13,15-16H,3-6,8H2. The van der Waals surface area contributed by atoms with Gasteiger partial charge in [0.25, 0.3) is 0 Å². The molecule has 2 nitrogen and oxygen atoms in total. The van der Waals surface area contributed by atoms with Crippen LogP contribution in [-0.4, -0.2) is 19.1 Å². The highest BCUT2D eigenvalue weighted by atomic mass is 35.5. The van der Waals surface area contributed by atoms with Crippen LogP contribution in [0.15, 0.2) is 18.2 Å². The lowest BCUT2D eigenvalue weighted by molar-refractivity contribution is 0.467. The van der Waals surface area contributed by atoms with Crippen LogP contribution in [0.1, 0.15) is 30.0 Å². The molecule has 3 rings (SSSR count). The fourth-order valence-electron chi connectivity index (χ4n) is 2.36. The Bertz CT molecular complexity index is 388. The van der Waals surface area contributed by atoms with Gasteiger partial charge in [0.2, 0.25) is 0 Å². The largest absolute Gasteiger partial charge is 0.312 e. The molecule has 0 saturated heterocycles. The van der Waals surface area contributed by atoms with E-state index < -0.39 is 0 Å². The minimum absolute atomic E-state index is 0.433. The van der Waals surface area contributed by atoms with Gasteiger partial charge in [-0.3, -0.25) is 0 Å². The number of benzene rings is 1. The van der Waals surface area contributed by atoms with E-state index in [-0.39, 0.29) is 0 Å². The van der Waals surface area contributed by atoms with Crippen molar-refractivity contribution >= 4 is 11.6 Å². The maximum atomic E-state index is 6.07. The summed E-state index contributed by atoms with van der Waals surface area (Å²) in [5, 5.41) is 7.99. The Balaban J connectivity index is 1.77. The van der Waals surface area contributed by atoms with E-state index >= 15 is 0 Å². The summed E-state index contributed by atoms with van der Waals surface area (Å²) in [6, 6.07) is 7.48. The lowest BCUT2D eigenvalue weighted by atomic mass is 9.94. The predicted molar refractivity (Wildman–Crippen MR) is 66.9 cm³/mol. The maximum Gasteiger partial charge on any atom is 0.0450 e. The minimum atomic E-state index is 0.433. The third kappa shape index (κ3) is 2.24. The van der Waals surface area contributed by atoms with Crippen molar-refractivity contribution in [3.05, 3.63) is 34.3 Å². The van der Waals surface area contributed by atoms with Gasteiger partial charge in [0.1, 0.15) is 0 Å². The molecule has 2 N–H and O–H groups in total. The van der Waals surface area contributed by atoms with Crippen molar-refractivity contribution in [1.29, 1.82) is 0 Å². The van der Waals surface area contributed by atoms with Gasteiger partial charge in [-0.15, -0.1) is 0 Å². The Hall–Kier alpha value is -0.570. The van der Waals surface area contributed by atoms with Crippen LogP contribution in [0.2, 0.25) is 5.02 Å². The molecule has 1 fully saturated rings. The highest BCUT2D eigenvalue weighted by Gasteiger charge is 2.24. The normalized spacial score (nSPS) is 24.2. The quantitative estimate of drug-likeness (QED) is 0.842. The van der Waals surface area contributed by atoms with Gasteiger partial charge in [-0.1, -0.05) is 17.7 Å². The Morgan fingerprint density at radius 2 is 2.25 bits per heavy atom. The molecule has 1 aliphatic heterocycles. The summed E-state index contributed by atoms with van der Waals surface area (Å²) < 4.78 is 0. The zero-order valence-corrected chi connectivity index (χ0v) is 10.1. The molecule has 86 valence electrons. The molecule has 1 unspecified atom stereocenters. The second kappa shape index (κ2) is 4.36. The first-order valence-corrected chi connectivity index (χ1v) is 6.46. The van der Waals surface area contributed by atoms with Gasteiger partial charge in [0.05, 0.1) is 0 Å². The van der Waals surface area contributed by atoms with Gasteiger partial charge in [-0.25, -0.2) is 0 Å². The van der Waals surface area contributed by atoms with Crippen LogP contribution in [0.25, 0.3) is 0 Å². The van der Waals surface area contributed by atoms with Crippen LogP contribution in [0, 0.1) is 0 Å². The zero-order valence-electron chi connectivity index (χ0n) is 9.30. The number of hydrogen-bond acceptors (Lipinski definition) is 2. The third-order valence-corrected chi connectivity index (χ3v) is 3.69. The van der Waals surface area contributed by atoms with E-state index in [4.69, 9.17) is 11.6 Å². The number of nitrogens with one attached hydrogen (secondary N) is 2. The number of halogens is 1. The average molecular weight is 237 g/mol. The molecule has 0 aromatic heterocycles. The molecule has 0 bridgehead atoms. The highest BCUT2D eigenvalue weighted by Crippen LogP contribution is 2.27. The zero-order chi connectivity index (χ0) is 11.0. The molecule has 0 spiro atoms. The van der Waals surface area contributed by atoms with Gasteiger partial charge in [0, 0.05) is 23.7 Å². The first-order chi connectivity index (χ1) is 7.83. The Morgan fingerprint density at radius 1 is 1.38 bits per heavy atom. The van der Waals surface area contributed by atoms with Crippen LogP contribution >= 0.6 is 11.6 Å². The van der Waals surface area contributed by atoms with Crippen molar-refractivity contribution in [2.24, 2.45) is 0 Å². The van der Waals surface area contributed by atoms with Crippen LogP contribution < -0.4 is 10.6 Å². The van der Waals surface area contributed by atoms with Gasteiger partial charge in [-0.05, 0) is 49.1 Å². The molecule has 1 atom stereocenters. The SMILES string of the molecule is Clc1ccc2c(c1)C(CNC1CC1)NCC2. The summed E-state index contributed by atoms with van der Waals surface area (Å²) in [7, 11) is 0. The molecule has 1 aromatic rings. The van der Waals surface area contributed by atoms with E-state index in [1.807, 2.05) is 6.07 Å². The predicted octanol–water partition coefficient (Wildman–Crippen LogP) is 2.28. The maximum absolute atomic E-state index is 6.07. The van der Waals surface area contributed by atoms with Crippen molar-refractivity contribution in [2.45, 2.75) is 31.3 Å². The van der Waals surface area contributed by atoms with Crippen LogP contribution in [0.4, 0.5) is 0 Å². The fourth-order valence-corrected chi connectivity index (χ4v) is 2.54. The van der Waals surface area contributed by atoms with E-state index in [1.54, 1.807) is 0 Å². The molecule has 3 heteroatoms. The molecular weight excluding hydrogens is 220 g/mol. The first kappa shape index (κ1) is 10.6. The number of hydrogen-bond donors (Lipinski definition) is 2. The average Bonchev–Trinajstić information content (AvgIpc) is 3.10. The lowest BCUT2D eigenvalue weighted by Crippen LogP contribution is -2.37. The van der Waals surface area contributed by atoms with E-state index in [0.29, 0.717) is 6.04 Å². The van der Waals surface area contributed by atoms with Gasteiger partial charge in [-0.2, -0.15) is 0 Å². The van der Waals surface area contributed by atoms with Gasteiger partial charge < -0.3 is 10.6 Å². The summed E-state index contributed by atoms with van der Waals surface area (Å²) in [6.07, 6.45) is 3.80. The van der Waals surface area contributed by atoms with E-state index in [9.17, 15) is 0 Å². The summed E-state index contributed by atoms with van der Waals surface area (Å²) in [5.41, 5.74) is 2.83. The molecule has 1 heterocycles. The first-order valence-electron chi connectivity index (χ1n) is 6.08. The van der Waals surface area contributed by atoms with Crippen molar-refractivity contribution < 1.29 is 0 Å². The fraction of sp³-hybridized carbons (Fsp3) is 0.538. The highest BCUT2D eigenvalue weighted by molar-refractivity contribution is 6.30. The van der Waals surface area contributed by atoms with Crippen LogP contribution in [0.3, 0.4) is 0 Å². The Labute approximate surface area is 101 Å². The second-order valence-electron chi connectivity index (χ2n) is 4.78.